The number of hydrogen-bond donors (Lipinski definition) is 1. The van der Waals surface area contributed by atoms with Crippen LogP contribution in [0.2, 0.25) is 0 Å². The van der Waals surface area contributed by atoms with E-state index in [4.69, 9.17) is 9.84 Å². The average Bonchev–Trinajstić information content (AvgIpc) is 2.47. The van der Waals surface area contributed by atoms with Crippen molar-refractivity contribution in [2.24, 2.45) is 0 Å². The molecule has 0 aliphatic carbocycles. The third-order valence-electron chi connectivity index (χ3n) is 3.24. The first-order valence-electron chi connectivity index (χ1n) is 6.57. The van der Waals surface area contributed by atoms with E-state index in [1.807, 2.05) is 30.3 Å². The van der Waals surface area contributed by atoms with E-state index in [9.17, 15) is 14.9 Å². The highest BCUT2D eigenvalue weighted by Gasteiger charge is 2.27. The van der Waals surface area contributed by atoms with Gasteiger partial charge in [0.1, 0.15) is 5.60 Å². The maximum absolute atomic E-state index is 11.1. The van der Waals surface area contributed by atoms with Crippen molar-refractivity contribution in [3.63, 3.8) is 0 Å². The van der Waals surface area contributed by atoms with Gasteiger partial charge in [0, 0.05) is 12.1 Å². The van der Waals surface area contributed by atoms with Crippen LogP contribution in [-0.2, 0) is 5.60 Å². The van der Waals surface area contributed by atoms with Crippen molar-refractivity contribution in [3.8, 4) is 5.75 Å². The predicted octanol–water partition coefficient (Wildman–Crippen LogP) is 3.61. The van der Waals surface area contributed by atoms with Gasteiger partial charge in [-0.3, -0.25) is 10.1 Å². The van der Waals surface area contributed by atoms with Gasteiger partial charge in [-0.05, 0) is 25.5 Å². The monoisotopic (exact) mass is 301 g/mol. The zero-order chi connectivity index (χ0) is 16.3. The number of carboxylic acid groups (broad SMARTS) is 1. The summed E-state index contributed by atoms with van der Waals surface area (Å²) < 4.78 is 5.77. The first-order chi connectivity index (χ1) is 10.3. The van der Waals surface area contributed by atoms with E-state index in [0.717, 1.165) is 11.6 Å². The highest BCUT2D eigenvalue weighted by molar-refractivity contribution is 5.88. The Morgan fingerprint density at radius 2 is 1.82 bits per heavy atom. The van der Waals surface area contributed by atoms with Crippen molar-refractivity contribution in [2.75, 3.05) is 0 Å². The molecule has 2 aromatic carbocycles. The van der Waals surface area contributed by atoms with Gasteiger partial charge < -0.3 is 9.84 Å². The second-order valence-electron chi connectivity index (χ2n) is 5.22. The summed E-state index contributed by atoms with van der Waals surface area (Å²) in [6.07, 6.45) is 0. The van der Waals surface area contributed by atoms with Gasteiger partial charge >= 0.3 is 11.7 Å². The summed E-state index contributed by atoms with van der Waals surface area (Å²) in [4.78, 5) is 21.6. The number of aromatic carboxylic acids is 1. The Labute approximate surface area is 127 Å². The number of benzene rings is 2. The zero-order valence-corrected chi connectivity index (χ0v) is 12.1. The first kappa shape index (κ1) is 15.5. The van der Waals surface area contributed by atoms with Crippen LogP contribution in [0.15, 0.2) is 48.5 Å². The topological polar surface area (TPSA) is 89.7 Å². The van der Waals surface area contributed by atoms with Crippen LogP contribution in [0.5, 0.6) is 5.75 Å². The van der Waals surface area contributed by atoms with Gasteiger partial charge in [0.25, 0.3) is 0 Å². The number of nitro benzene ring substituents is 1. The lowest BCUT2D eigenvalue weighted by molar-refractivity contribution is -0.386. The van der Waals surface area contributed by atoms with E-state index in [-0.39, 0.29) is 17.0 Å². The Bertz CT molecular complexity index is 710. The SMILES string of the molecule is CC(C)(Oc1cc(C(=O)O)ccc1[N+](=O)[O-])c1ccccc1. The Morgan fingerprint density at radius 1 is 1.18 bits per heavy atom. The fourth-order valence-corrected chi connectivity index (χ4v) is 2.05. The maximum Gasteiger partial charge on any atom is 0.335 e. The van der Waals surface area contributed by atoms with Gasteiger partial charge in [-0.25, -0.2) is 4.79 Å². The summed E-state index contributed by atoms with van der Waals surface area (Å²) in [6, 6.07) is 12.7. The molecule has 0 saturated carbocycles. The second kappa shape index (κ2) is 5.85. The molecule has 0 radical (unpaired) electrons. The molecule has 0 heterocycles. The summed E-state index contributed by atoms with van der Waals surface area (Å²) in [5.41, 5.74) is -0.355. The number of rotatable bonds is 5. The van der Waals surface area contributed by atoms with Crippen molar-refractivity contribution in [2.45, 2.75) is 19.4 Å². The number of nitrogens with zero attached hydrogens (tertiary/aromatic N) is 1. The molecule has 2 rings (SSSR count). The maximum atomic E-state index is 11.1. The van der Waals surface area contributed by atoms with Gasteiger partial charge in [-0.15, -0.1) is 0 Å². The van der Waals surface area contributed by atoms with Gasteiger partial charge in [0.05, 0.1) is 10.5 Å². The van der Waals surface area contributed by atoms with Crippen LogP contribution < -0.4 is 4.74 Å². The van der Waals surface area contributed by atoms with Crippen LogP contribution in [0.3, 0.4) is 0 Å². The average molecular weight is 301 g/mol. The predicted molar refractivity (Wildman–Crippen MR) is 80.2 cm³/mol. The summed E-state index contributed by atoms with van der Waals surface area (Å²) >= 11 is 0. The molecule has 6 nitrogen and oxygen atoms in total. The molecule has 0 spiro atoms. The molecule has 0 bridgehead atoms. The minimum Gasteiger partial charge on any atom is -0.478 e. The smallest absolute Gasteiger partial charge is 0.335 e. The largest absolute Gasteiger partial charge is 0.478 e. The molecule has 0 unspecified atom stereocenters. The Kier molecular flexibility index (Phi) is 4.12. The molecule has 2 aromatic rings. The van der Waals surface area contributed by atoms with E-state index in [2.05, 4.69) is 0 Å². The molecule has 0 atom stereocenters. The van der Waals surface area contributed by atoms with Crippen molar-refractivity contribution < 1.29 is 19.6 Å². The van der Waals surface area contributed by atoms with E-state index >= 15 is 0 Å². The molecular formula is C16H15NO5. The third-order valence-corrected chi connectivity index (χ3v) is 3.24. The van der Waals surface area contributed by atoms with Gasteiger partial charge in [-0.2, -0.15) is 0 Å². The molecule has 0 aliphatic heterocycles. The number of carboxylic acids is 1. The number of ether oxygens (including phenoxy) is 1. The van der Waals surface area contributed by atoms with Crippen LogP contribution in [0.25, 0.3) is 0 Å². The highest BCUT2D eigenvalue weighted by Crippen LogP contribution is 2.34. The van der Waals surface area contributed by atoms with Gasteiger partial charge in [0.15, 0.2) is 5.75 Å². The lowest BCUT2D eigenvalue weighted by Gasteiger charge is -2.26. The lowest BCUT2D eigenvalue weighted by atomic mass is 9.98. The van der Waals surface area contributed by atoms with E-state index in [1.54, 1.807) is 13.8 Å². The Morgan fingerprint density at radius 3 is 2.36 bits per heavy atom. The van der Waals surface area contributed by atoms with Crippen molar-refractivity contribution in [3.05, 3.63) is 69.8 Å². The van der Waals surface area contributed by atoms with Crippen molar-refractivity contribution in [1.29, 1.82) is 0 Å². The van der Waals surface area contributed by atoms with E-state index in [1.165, 1.54) is 12.1 Å². The van der Waals surface area contributed by atoms with E-state index < -0.39 is 16.5 Å². The summed E-state index contributed by atoms with van der Waals surface area (Å²) in [5, 5.41) is 20.1. The molecule has 0 amide bonds. The fourth-order valence-electron chi connectivity index (χ4n) is 2.05. The zero-order valence-electron chi connectivity index (χ0n) is 12.1. The van der Waals surface area contributed by atoms with Crippen LogP contribution in [0, 0.1) is 10.1 Å². The fraction of sp³-hybridized carbons (Fsp3) is 0.188. The summed E-state index contributed by atoms with van der Waals surface area (Å²) in [5.74, 6) is -1.24. The molecule has 0 aliphatic rings. The quantitative estimate of drug-likeness (QED) is 0.673. The molecule has 6 heteroatoms. The van der Waals surface area contributed by atoms with Gasteiger partial charge in [0.2, 0.25) is 0 Å². The Hall–Kier alpha value is -2.89. The molecule has 1 N–H and O–H groups in total. The molecule has 0 fully saturated rings. The number of carbonyl (C=O) groups is 1. The summed E-state index contributed by atoms with van der Waals surface area (Å²) in [7, 11) is 0. The number of hydrogen-bond acceptors (Lipinski definition) is 4. The normalized spacial score (nSPS) is 11.0. The molecule has 114 valence electrons. The Balaban J connectivity index is 2.45. The third kappa shape index (κ3) is 3.22. The van der Waals surface area contributed by atoms with Crippen LogP contribution >= 0.6 is 0 Å². The lowest BCUT2D eigenvalue weighted by Crippen LogP contribution is -2.25. The number of nitro groups is 1. The second-order valence-corrected chi connectivity index (χ2v) is 5.22. The molecule has 0 aromatic heterocycles. The van der Waals surface area contributed by atoms with Crippen LogP contribution in [-0.4, -0.2) is 16.0 Å². The van der Waals surface area contributed by atoms with E-state index in [0.29, 0.717) is 0 Å². The van der Waals surface area contributed by atoms with Crippen LogP contribution in [0.1, 0.15) is 29.8 Å². The van der Waals surface area contributed by atoms with Crippen molar-refractivity contribution >= 4 is 11.7 Å². The van der Waals surface area contributed by atoms with Gasteiger partial charge in [-0.1, -0.05) is 30.3 Å². The van der Waals surface area contributed by atoms with Crippen LogP contribution in [0.4, 0.5) is 5.69 Å². The standard InChI is InChI=1S/C16H15NO5/c1-16(2,12-6-4-3-5-7-12)22-14-10-11(15(18)19)8-9-13(14)17(20)21/h3-10H,1-2H3,(H,18,19). The molecule has 0 saturated heterocycles. The first-order valence-corrected chi connectivity index (χ1v) is 6.57. The minimum atomic E-state index is -1.17. The highest BCUT2D eigenvalue weighted by atomic mass is 16.6. The minimum absolute atomic E-state index is 0.0653. The molecule has 22 heavy (non-hydrogen) atoms. The summed E-state index contributed by atoms with van der Waals surface area (Å²) in [6.45, 7) is 3.53. The van der Waals surface area contributed by atoms with Crippen molar-refractivity contribution in [1.82, 2.24) is 0 Å². The molecular weight excluding hydrogens is 286 g/mol.